The summed E-state index contributed by atoms with van der Waals surface area (Å²) in [7, 11) is 0. The maximum Gasteiger partial charge on any atom is 0.220 e. The Labute approximate surface area is 86.5 Å². The molecule has 1 aliphatic heterocycles. The van der Waals surface area contributed by atoms with Crippen molar-refractivity contribution < 1.29 is 4.79 Å². The van der Waals surface area contributed by atoms with Crippen LogP contribution in [0.4, 0.5) is 0 Å². The first-order valence-electron chi connectivity index (χ1n) is 5.95. The first kappa shape index (κ1) is 10.0. The molecule has 1 N–H and O–H groups in total. The molecular weight excluding hydrogens is 174 g/mol. The highest BCUT2D eigenvalue weighted by Gasteiger charge is 2.46. The maximum absolute atomic E-state index is 11.5. The Morgan fingerprint density at radius 3 is 2.64 bits per heavy atom. The molecule has 2 fully saturated rings. The molecule has 0 aromatic rings. The number of carbonyl (C=O) groups is 1. The summed E-state index contributed by atoms with van der Waals surface area (Å²) < 4.78 is 0. The quantitative estimate of drug-likeness (QED) is 0.684. The fraction of sp³-hybridized carbons (Fsp3) is 0.917. The Balaban J connectivity index is 2.10. The van der Waals surface area contributed by atoms with Crippen LogP contribution in [0, 0.1) is 11.3 Å². The number of hydrogen-bond donors (Lipinski definition) is 1. The van der Waals surface area contributed by atoms with Gasteiger partial charge in [-0.15, -0.1) is 0 Å². The second-order valence-corrected chi connectivity index (χ2v) is 5.25. The summed E-state index contributed by atoms with van der Waals surface area (Å²) >= 11 is 0. The van der Waals surface area contributed by atoms with Gasteiger partial charge < -0.3 is 5.32 Å². The molecule has 1 amide bonds. The van der Waals surface area contributed by atoms with Gasteiger partial charge in [0.25, 0.3) is 0 Å². The lowest BCUT2D eigenvalue weighted by Crippen LogP contribution is -2.39. The van der Waals surface area contributed by atoms with E-state index in [0.717, 1.165) is 18.8 Å². The van der Waals surface area contributed by atoms with Gasteiger partial charge in [0.15, 0.2) is 0 Å². The molecule has 1 spiro atoms. The second kappa shape index (κ2) is 3.56. The molecule has 0 aromatic heterocycles. The zero-order chi connectivity index (χ0) is 10.2. The number of amides is 1. The molecule has 2 heteroatoms. The molecule has 1 atom stereocenters. The van der Waals surface area contributed by atoms with Crippen LogP contribution in [0.5, 0.6) is 0 Å². The van der Waals surface area contributed by atoms with Gasteiger partial charge in [-0.2, -0.15) is 0 Å². The second-order valence-electron chi connectivity index (χ2n) is 5.25. The van der Waals surface area contributed by atoms with Gasteiger partial charge in [0.05, 0.1) is 0 Å². The molecule has 1 unspecified atom stereocenters. The summed E-state index contributed by atoms with van der Waals surface area (Å²) in [5.41, 5.74) is 0.332. The van der Waals surface area contributed by atoms with Crippen LogP contribution in [0.25, 0.3) is 0 Å². The lowest BCUT2D eigenvalue weighted by molar-refractivity contribution is -0.119. The first-order valence-corrected chi connectivity index (χ1v) is 5.95. The van der Waals surface area contributed by atoms with Crippen molar-refractivity contribution in [3.63, 3.8) is 0 Å². The molecule has 1 heterocycles. The number of nitrogens with one attached hydrogen (secondary N) is 1. The highest BCUT2D eigenvalue weighted by molar-refractivity contribution is 5.80. The number of hydrogen-bond acceptors (Lipinski definition) is 1. The lowest BCUT2D eigenvalue weighted by Gasteiger charge is -2.39. The van der Waals surface area contributed by atoms with Crippen molar-refractivity contribution in [2.75, 3.05) is 0 Å². The van der Waals surface area contributed by atoms with E-state index < -0.39 is 0 Å². The van der Waals surface area contributed by atoms with Gasteiger partial charge in [-0.1, -0.05) is 26.7 Å². The maximum atomic E-state index is 11.5. The average Bonchev–Trinajstić information content (AvgIpc) is 2.48. The highest BCUT2D eigenvalue weighted by Crippen LogP contribution is 2.47. The van der Waals surface area contributed by atoms with Crippen molar-refractivity contribution in [1.29, 1.82) is 0 Å². The van der Waals surface area contributed by atoms with E-state index in [-0.39, 0.29) is 5.91 Å². The fourth-order valence-corrected chi connectivity index (χ4v) is 3.24. The van der Waals surface area contributed by atoms with Crippen LogP contribution in [0.3, 0.4) is 0 Å². The van der Waals surface area contributed by atoms with Gasteiger partial charge in [-0.25, -0.2) is 0 Å². The van der Waals surface area contributed by atoms with Crippen molar-refractivity contribution in [2.45, 2.75) is 58.4 Å². The predicted molar refractivity (Wildman–Crippen MR) is 56.9 cm³/mol. The Morgan fingerprint density at radius 2 is 2.07 bits per heavy atom. The monoisotopic (exact) mass is 195 g/mol. The average molecular weight is 195 g/mol. The van der Waals surface area contributed by atoms with Gasteiger partial charge >= 0.3 is 0 Å². The smallest absolute Gasteiger partial charge is 0.220 e. The minimum absolute atomic E-state index is 0.284. The summed E-state index contributed by atoms with van der Waals surface area (Å²) in [6.07, 6.45) is 7.02. The largest absolute Gasteiger partial charge is 0.353 e. The molecule has 1 saturated carbocycles. The Kier molecular flexibility index (Phi) is 2.54. The van der Waals surface area contributed by atoms with E-state index >= 15 is 0 Å². The molecule has 14 heavy (non-hydrogen) atoms. The van der Waals surface area contributed by atoms with Crippen molar-refractivity contribution in [1.82, 2.24) is 5.32 Å². The standard InChI is InChI=1S/C12H21NO/c1-3-10-12(8-11(14)13-10)6-4-9(2)5-7-12/h9-10H,3-8H2,1-2H3,(H,13,14). The van der Waals surface area contributed by atoms with Gasteiger partial charge in [-0.3, -0.25) is 4.79 Å². The van der Waals surface area contributed by atoms with E-state index in [9.17, 15) is 4.79 Å². The molecule has 0 aromatic carbocycles. The van der Waals surface area contributed by atoms with Crippen LogP contribution in [0.1, 0.15) is 52.4 Å². The SMILES string of the molecule is CCC1NC(=O)CC12CCC(C)CC2. The van der Waals surface area contributed by atoms with Crippen LogP contribution in [-0.2, 0) is 4.79 Å². The summed E-state index contributed by atoms with van der Waals surface area (Å²) in [6, 6.07) is 0.461. The van der Waals surface area contributed by atoms with E-state index in [2.05, 4.69) is 19.2 Å². The van der Waals surface area contributed by atoms with Gasteiger partial charge in [0.1, 0.15) is 0 Å². The van der Waals surface area contributed by atoms with E-state index in [4.69, 9.17) is 0 Å². The molecule has 2 nitrogen and oxygen atoms in total. The van der Waals surface area contributed by atoms with Crippen LogP contribution >= 0.6 is 0 Å². The molecule has 80 valence electrons. The van der Waals surface area contributed by atoms with Gasteiger partial charge in [0, 0.05) is 12.5 Å². The van der Waals surface area contributed by atoms with Gasteiger partial charge in [-0.05, 0) is 30.6 Å². The van der Waals surface area contributed by atoms with E-state index in [1.165, 1.54) is 25.7 Å². The van der Waals surface area contributed by atoms with Crippen LogP contribution in [0.2, 0.25) is 0 Å². The minimum Gasteiger partial charge on any atom is -0.353 e. The van der Waals surface area contributed by atoms with Gasteiger partial charge in [0.2, 0.25) is 5.91 Å². The Hall–Kier alpha value is -0.530. The third-order valence-electron chi connectivity index (χ3n) is 4.27. The summed E-state index contributed by atoms with van der Waals surface area (Å²) in [6.45, 7) is 4.52. The van der Waals surface area contributed by atoms with Crippen LogP contribution in [-0.4, -0.2) is 11.9 Å². The molecule has 1 aliphatic carbocycles. The fourth-order valence-electron chi connectivity index (χ4n) is 3.24. The molecular formula is C12H21NO. The third kappa shape index (κ3) is 1.55. The lowest BCUT2D eigenvalue weighted by atomic mass is 9.66. The predicted octanol–water partition coefficient (Wildman–Crippen LogP) is 2.48. The zero-order valence-electron chi connectivity index (χ0n) is 9.31. The van der Waals surface area contributed by atoms with E-state index in [1.54, 1.807) is 0 Å². The summed E-state index contributed by atoms with van der Waals surface area (Å²) in [5, 5.41) is 3.14. The molecule has 1 saturated heterocycles. The molecule has 0 bridgehead atoms. The Bertz CT molecular complexity index is 228. The topological polar surface area (TPSA) is 29.1 Å². The van der Waals surface area contributed by atoms with Crippen molar-refractivity contribution >= 4 is 5.91 Å². The normalized spacial score (nSPS) is 42.9. The third-order valence-corrected chi connectivity index (χ3v) is 4.27. The molecule has 0 radical (unpaired) electrons. The van der Waals surface area contributed by atoms with E-state index in [1.807, 2.05) is 0 Å². The van der Waals surface area contributed by atoms with E-state index in [0.29, 0.717) is 11.5 Å². The van der Waals surface area contributed by atoms with Crippen LogP contribution < -0.4 is 5.32 Å². The van der Waals surface area contributed by atoms with Crippen molar-refractivity contribution in [2.24, 2.45) is 11.3 Å². The Morgan fingerprint density at radius 1 is 1.43 bits per heavy atom. The molecule has 2 rings (SSSR count). The number of rotatable bonds is 1. The zero-order valence-corrected chi connectivity index (χ0v) is 9.31. The molecule has 2 aliphatic rings. The first-order chi connectivity index (χ1) is 6.66. The minimum atomic E-state index is 0.284. The summed E-state index contributed by atoms with van der Waals surface area (Å²) in [4.78, 5) is 11.5. The van der Waals surface area contributed by atoms with Crippen molar-refractivity contribution in [3.05, 3.63) is 0 Å². The summed E-state index contributed by atoms with van der Waals surface area (Å²) in [5.74, 6) is 1.15. The number of carbonyl (C=O) groups excluding carboxylic acids is 1. The highest BCUT2D eigenvalue weighted by atomic mass is 16.2. The van der Waals surface area contributed by atoms with Crippen LogP contribution in [0.15, 0.2) is 0 Å². The van der Waals surface area contributed by atoms with Crippen molar-refractivity contribution in [3.8, 4) is 0 Å².